The van der Waals surface area contributed by atoms with E-state index >= 15 is 0 Å². The molecule has 0 aromatic heterocycles. The lowest BCUT2D eigenvalue weighted by molar-refractivity contribution is -0.460. The van der Waals surface area contributed by atoms with Crippen LogP contribution in [-0.2, 0) is 0 Å². The fourth-order valence-corrected chi connectivity index (χ4v) is 2.91. The van der Waals surface area contributed by atoms with Crippen molar-refractivity contribution in [2.24, 2.45) is 11.8 Å². The van der Waals surface area contributed by atoms with Gasteiger partial charge in [0.2, 0.25) is 0 Å². The summed E-state index contributed by atoms with van der Waals surface area (Å²) in [6.45, 7) is -1.34. The highest BCUT2D eigenvalue weighted by Crippen LogP contribution is 2.34. The second-order valence-electron chi connectivity index (χ2n) is 5.90. The summed E-state index contributed by atoms with van der Waals surface area (Å²) in [6, 6.07) is 0. The summed E-state index contributed by atoms with van der Waals surface area (Å²) in [5.41, 5.74) is 0. The molecule has 0 aliphatic heterocycles. The molecule has 132 valence electrons. The molecule has 1 aliphatic carbocycles. The molecular formula is C13H25O9-. The smallest absolute Gasteiger partial charge is 0.106 e. The maximum atomic E-state index is 11.8. The first-order valence-corrected chi connectivity index (χ1v) is 7.20. The Kier molecular flexibility index (Phi) is 7.59. The quantitative estimate of drug-likeness (QED) is 0.227. The maximum Gasteiger partial charge on any atom is 0.106 e. The molecule has 1 rings (SSSR count). The molecule has 0 spiro atoms. The van der Waals surface area contributed by atoms with E-state index in [1.165, 1.54) is 0 Å². The second kappa shape index (κ2) is 8.48. The monoisotopic (exact) mass is 325 g/mol. The Labute approximate surface area is 127 Å². The molecule has 8 N–H and O–H groups in total. The molecule has 0 unspecified atom stereocenters. The van der Waals surface area contributed by atoms with Crippen LogP contribution in [0.25, 0.3) is 0 Å². The average Bonchev–Trinajstić information content (AvgIpc) is 2.50. The van der Waals surface area contributed by atoms with Crippen LogP contribution in [0.5, 0.6) is 0 Å². The SMILES string of the molecule is [O-][C@@H]([C@H](O)[C@H](O)CO)[C@@H](O)C[C@H]1C[C@@H](O)[C@@H](O)[C@H](O)[C@@H]1CO. The van der Waals surface area contributed by atoms with Crippen LogP contribution >= 0.6 is 0 Å². The maximum absolute atomic E-state index is 11.8. The van der Waals surface area contributed by atoms with Crippen LogP contribution in [-0.4, -0.2) is 96.8 Å². The molecule has 22 heavy (non-hydrogen) atoms. The molecule has 1 fully saturated rings. The van der Waals surface area contributed by atoms with Gasteiger partial charge in [-0.2, -0.15) is 0 Å². The van der Waals surface area contributed by atoms with E-state index in [1.54, 1.807) is 0 Å². The number of rotatable bonds is 7. The third-order valence-electron chi connectivity index (χ3n) is 4.38. The predicted molar refractivity (Wildman–Crippen MR) is 70.2 cm³/mol. The fourth-order valence-electron chi connectivity index (χ4n) is 2.91. The second-order valence-corrected chi connectivity index (χ2v) is 5.90. The lowest BCUT2D eigenvalue weighted by atomic mass is 9.72. The van der Waals surface area contributed by atoms with E-state index in [0.29, 0.717) is 0 Å². The molecule has 0 bridgehead atoms. The van der Waals surface area contributed by atoms with Gasteiger partial charge in [0.25, 0.3) is 0 Å². The predicted octanol–water partition coefficient (Wildman–Crippen LogP) is -5.11. The number of aliphatic hydroxyl groups is 8. The molecule has 0 heterocycles. The van der Waals surface area contributed by atoms with E-state index in [2.05, 4.69) is 0 Å². The minimum atomic E-state index is -2.00. The molecule has 0 aromatic rings. The lowest BCUT2D eigenvalue weighted by Gasteiger charge is -2.43. The first-order chi connectivity index (χ1) is 10.2. The van der Waals surface area contributed by atoms with Gasteiger partial charge in [0, 0.05) is 18.6 Å². The van der Waals surface area contributed by atoms with Crippen molar-refractivity contribution < 1.29 is 46.0 Å². The van der Waals surface area contributed by atoms with Gasteiger partial charge in [-0.1, -0.05) is 6.10 Å². The van der Waals surface area contributed by atoms with E-state index in [0.717, 1.165) is 0 Å². The summed E-state index contributed by atoms with van der Waals surface area (Å²) in [7, 11) is 0. The minimum Gasteiger partial charge on any atom is -0.848 e. The molecular weight excluding hydrogens is 300 g/mol. The minimum absolute atomic E-state index is 0.0358. The molecule has 0 radical (unpaired) electrons. The zero-order chi connectivity index (χ0) is 17.0. The van der Waals surface area contributed by atoms with E-state index in [1.807, 2.05) is 0 Å². The van der Waals surface area contributed by atoms with Crippen LogP contribution in [0, 0.1) is 11.8 Å². The zero-order valence-electron chi connectivity index (χ0n) is 12.0. The number of hydrogen-bond acceptors (Lipinski definition) is 9. The first kappa shape index (κ1) is 19.7. The van der Waals surface area contributed by atoms with Crippen LogP contribution in [0.2, 0.25) is 0 Å². The Morgan fingerprint density at radius 3 is 2.05 bits per heavy atom. The lowest BCUT2D eigenvalue weighted by Crippen LogP contribution is -2.56. The summed E-state index contributed by atoms with van der Waals surface area (Å²) in [6.07, 6.45) is -11.5. The molecule has 0 amide bonds. The third-order valence-corrected chi connectivity index (χ3v) is 4.38. The molecule has 9 heteroatoms. The molecule has 0 saturated heterocycles. The van der Waals surface area contributed by atoms with Crippen molar-refractivity contribution in [3.63, 3.8) is 0 Å². The molecule has 9 nitrogen and oxygen atoms in total. The summed E-state index contributed by atoms with van der Waals surface area (Å²) >= 11 is 0. The van der Waals surface area contributed by atoms with E-state index in [9.17, 15) is 40.9 Å². The third kappa shape index (κ3) is 4.34. The normalized spacial score (nSPS) is 38.3. The highest BCUT2D eigenvalue weighted by Gasteiger charge is 2.43. The fraction of sp³-hybridized carbons (Fsp3) is 1.00. The topological polar surface area (TPSA) is 185 Å². The summed E-state index contributed by atoms with van der Waals surface area (Å²) in [5, 5.41) is 87.4. The van der Waals surface area contributed by atoms with Gasteiger partial charge in [0.15, 0.2) is 0 Å². The number of aliphatic hydroxyl groups excluding tert-OH is 8. The van der Waals surface area contributed by atoms with Crippen LogP contribution in [0.1, 0.15) is 12.8 Å². The highest BCUT2D eigenvalue weighted by atomic mass is 16.4. The van der Waals surface area contributed by atoms with Crippen molar-refractivity contribution in [1.29, 1.82) is 0 Å². The first-order valence-electron chi connectivity index (χ1n) is 7.20. The van der Waals surface area contributed by atoms with Crippen molar-refractivity contribution in [3.05, 3.63) is 0 Å². The van der Waals surface area contributed by atoms with Gasteiger partial charge in [-0.05, 0) is 18.8 Å². The largest absolute Gasteiger partial charge is 0.848 e. The van der Waals surface area contributed by atoms with Gasteiger partial charge < -0.3 is 46.0 Å². The van der Waals surface area contributed by atoms with Crippen molar-refractivity contribution in [2.75, 3.05) is 13.2 Å². The van der Waals surface area contributed by atoms with Gasteiger partial charge in [-0.15, -0.1) is 0 Å². The van der Waals surface area contributed by atoms with Crippen molar-refractivity contribution in [1.82, 2.24) is 0 Å². The van der Waals surface area contributed by atoms with Crippen molar-refractivity contribution >= 4 is 0 Å². The Bertz CT molecular complexity index is 329. The number of hydrogen-bond donors (Lipinski definition) is 8. The Hall–Kier alpha value is -0.360. The van der Waals surface area contributed by atoms with Gasteiger partial charge in [0.1, 0.15) is 12.2 Å². The molecule has 9 atom stereocenters. The van der Waals surface area contributed by atoms with Gasteiger partial charge in [-0.3, -0.25) is 0 Å². The Morgan fingerprint density at radius 1 is 0.955 bits per heavy atom. The summed E-state index contributed by atoms with van der Waals surface area (Å²) in [5.74, 6) is -1.48. The summed E-state index contributed by atoms with van der Waals surface area (Å²) in [4.78, 5) is 0. The van der Waals surface area contributed by atoms with E-state index in [4.69, 9.17) is 5.11 Å². The zero-order valence-corrected chi connectivity index (χ0v) is 12.0. The van der Waals surface area contributed by atoms with Crippen molar-refractivity contribution in [3.8, 4) is 0 Å². The van der Waals surface area contributed by atoms with Crippen LogP contribution in [0.3, 0.4) is 0 Å². The highest BCUT2D eigenvalue weighted by molar-refractivity contribution is 4.94. The summed E-state index contributed by atoms with van der Waals surface area (Å²) < 4.78 is 0. The van der Waals surface area contributed by atoms with Crippen molar-refractivity contribution in [2.45, 2.75) is 55.6 Å². The molecule has 1 saturated carbocycles. The van der Waals surface area contributed by atoms with E-state index < -0.39 is 67.8 Å². The molecule has 1 aliphatic rings. The standard InChI is InChI=1S/C13H25O9/c14-3-6-5(1-7(16)11(20)10(6)19)2-8(17)12(21)13(22)9(18)4-15/h5-20,22H,1-4H2/q-1/t5-,6-,7-,8+,9-,10-,11-,12-,13-/m1/s1. The average molecular weight is 325 g/mol. The van der Waals surface area contributed by atoms with Crippen LogP contribution in [0.4, 0.5) is 0 Å². The van der Waals surface area contributed by atoms with Gasteiger partial charge in [-0.25, -0.2) is 0 Å². The van der Waals surface area contributed by atoms with E-state index in [-0.39, 0.29) is 12.8 Å². The van der Waals surface area contributed by atoms with Gasteiger partial charge in [0.05, 0.1) is 24.9 Å². The van der Waals surface area contributed by atoms with Gasteiger partial charge >= 0.3 is 0 Å². The van der Waals surface area contributed by atoms with Crippen LogP contribution in [0.15, 0.2) is 0 Å². The van der Waals surface area contributed by atoms with Crippen LogP contribution < -0.4 is 5.11 Å². The Balaban J connectivity index is 2.70. The Morgan fingerprint density at radius 2 is 1.55 bits per heavy atom. The molecule has 0 aromatic carbocycles.